The number of hydrogen-bond acceptors (Lipinski definition) is 6. The molecule has 0 aliphatic rings. The number of nitro benzene ring substituents is 2. The average molecular weight is 305 g/mol. The molecule has 0 aliphatic carbocycles. The maximum Gasteiger partial charge on any atom is 0.318 e. The van der Waals surface area contributed by atoms with Crippen LogP contribution in [-0.4, -0.2) is 26.1 Å². The third kappa shape index (κ3) is 2.56. The van der Waals surface area contributed by atoms with Gasteiger partial charge in [0, 0.05) is 17.7 Å². The van der Waals surface area contributed by atoms with Gasteiger partial charge in [-0.25, -0.2) is 0 Å². The Kier molecular flexibility index (Phi) is 3.73. The summed E-state index contributed by atoms with van der Waals surface area (Å²) in [4.78, 5) is 30.4. The average Bonchev–Trinajstić information content (AvgIpc) is 2.27. The maximum atomic E-state index is 11.3. The van der Waals surface area contributed by atoms with Crippen LogP contribution in [0.1, 0.15) is 10.4 Å². The molecule has 0 radical (unpaired) electrons. The molecule has 1 rings (SSSR count). The van der Waals surface area contributed by atoms with E-state index in [1.807, 2.05) is 0 Å². The summed E-state index contributed by atoms with van der Waals surface area (Å²) in [6, 6.07) is 1.60. The Morgan fingerprint density at radius 2 is 1.65 bits per heavy atom. The monoisotopic (exact) mass is 304 g/mol. The number of hydrogen-bond donors (Lipinski definition) is 1. The second-order valence-electron chi connectivity index (χ2n) is 2.93. The number of rotatable bonds is 4. The van der Waals surface area contributed by atoms with E-state index in [0.717, 1.165) is 12.1 Å². The Bertz CT molecular complexity index is 480. The normalized spacial score (nSPS) is 9.94. The van der Waals surface area contributed by atoms with Crippen molar-refractivity contribution in [3.8, 4) is 5.75 Å². The first kappa shape index (κ1) is 13.0. The molecule has 1 aromatic carbocycles. The van der Waals surface area contributed by atoms with Crippen LogP contribution >= 0.6 is 15.9 Å². The fraction of sp³-hybridized carbons (Fsp3) is 0.125. The van der Waals surface area contributed by atoms with Crippen molar-refractivity contribution in [2.45, 2.75) is 0 Å². The van der Waals surface area contributed by atoms with E-state index in [0.29, 0.717) is 0 Å². The number of ketones is 1. The molecule has 90 valence electrons. The van der Waals surface area contributed by atoms with Gasteiger partial charge in [-0.05, 0) is 0 Å². The Labute approximate surface area is 102 Å². The van der Waals surface area contributed by atoms with E-state index in [1.165, 1.54) is 0 Å². The van der Waals surface area contributed by atoms with Crippen LogP contribution in [-0.2, 0) is 0 Å². The second-order valence-corrected chi connectivity index (χ2v) is 3.49. The van der Waals surface area contributed by atoms with Crippen molar-refractivity contribution in [3.05, 3.63) is 37.9 Å². The van der Waals surface area contributed by atoms with E-state index in [4.69, 9.17) is 0 Å². The molecule has 9 heteroatoms. The van der Waals surface area contributed by atoms with E-state index in [1.54, 1.807) is 0 Å². The first-order chi connectivity index (χ1) is 7.88. The number of aromatic hydroxyl groups is 1. The van der Waals surface area contributed by atoms with Crippen LogP contribution in [0, 0.1) is 20.2 Å². The second kappa shape index (κ2) is 4.87. The Morgan fingerprint density at radius 3 is 1.94 bits per heavy atom. The minimum atomic E-state index is -1.06. The Balaban J connectivity index is 3.52. The van der Waals surface area contributed by atoms with Crippen molar-refractivity contribution < 1.29 is 19.7 Å². The lowest BCUT2D eigenvalue weighted by Crippen LogP contribution is -2.03. The highest BCUT2D eigenvalue weighted by Gasteiger charge is 2.27. The van der Waals surface area contributed by atoms with Gasteiger partial charge in [0.25, 0.3) is 5.75 Å². The molecule has 0 spiro atoms. The molecule has 0 saturated heterocycles. The van der Waals surface area contributed by atoms with Crippen LogP contribution in [0.4, 0.5) is 11.4 Å². The van der Waals surface area contributed by atoms with Gasteiger partial charge in [0.2, 0.25) is 0 Å². The lowest BCUT2D eigenvalue weighted by atomic mass is 10.1. The van der Waals surface area contributed by atoms with Crippen LogP contribution in [0.15, 0.2) is 12.1 Å². The molecule has 0 bridgehead atoms. The van der Waals surface area contributed by atoms with Crippen molar-refractivity contribution >= 4 is 33.1 Å². The largest absolute Gasteiger partial charge is 0.497 e. The van der Waals surface area contributed by atoms with Crippen LogP contribution in [0.25, 0.3) is 0 Å². The third-order valence-corrected chi connectivity index (χ3v) is 2.42. The summed E-state index contributed by atoms with van der Waals surface area (Å²) >= 11 is 2.84. The van der Waals surface area contributed by atoms with Crippen LogP contribution in [0.3, 0.4) is 0 Å². The summed E-state index contributed by atoms with van der Waals surface area (Å²) in [7, 11) is 0. The fourth-order valence-electron chi connectivity index (χ4n) is 1.12. The molecule has 1 N–H and O–H groups in total. The number of carbonyl (C=O) groups excluding carboxylic acids is 1. The molecule has 0 amide bonds. The summed E-state index contributed by atoms with van der Waals surface area (Å²) in [6.45, 7) is 0. The van der Waals surface area contributed by atoms with E-state index in [2.05, 4.69) is 15.9 Å². The summed E-state index contributed by atoms with van der Waals surface area (Å²) in [5.41, 5.74) is -1.95. The van der Waals surface area contributed by atoms with Crippen molar-refractivity contribution in [2.75, 3.05) is 5.33 Å². The number of nitrogens with zero attached hydrogens (tertiary/aromatic N) is 2. The van der Waals surface area contributed by atoms with Gasteiger partial charge in [0.1, 0.15) is 0 Å². The molecular formula is C8H5BrN2O6. The summed E-state index contributed by atoms with van der Waals surface area (Å²) < 4.78 is 0. The van der Waals surface area contributed by atoms with Gasteiger partial charge in [-0.15, -0.1) is 0 Å². The molecule has 0 aliphatic heterocycles. The molecule has 0 saturated carbocycles. The molecule has 8 nitrogen and oxygen atoms in total. The van der Waals surface area contributed by atoms with Gasteiger partial charge in [-0.2, -0.15) is 0 Å². The van der Waals surface area contributed by atoms with E-state index >= 15 is 0 Å². The van der Waals surface area contributed by atoms with E-state index in [-0.39, 0.29) is 10.9 Å². The standard InChI is InChI=1S/C8H5BrN2O6/c9-3-7(12)4-1-5(10(14)15)8(13)6(2-4)11(16)17/h1-2,13H,3H2. The summed E-state index contributed by atoms with van der Waals surface area (Å²) in [5.74, 6) is -1.62. The number of halogens is 1. The SMILES string of the molecule is O=C(CBr)c1cc([N+](=O)[O-])c(O)c([N+](=O)[O-])c1. The molecule has 0 unspecified atom stereocenters. The predicted molar refractivity (Wildman–Crippen MR) is 59.5 cm³/mol. The van der Waals surface area contributed by atoms with Gasteiger partial charge < -0.3 is 5.11 Å². The third-order valence-electron chi connectivity index (χ3n) is 1.91. The number of phenolic OH excluding ortho intramolecular Hbond substituents is 1. The lowest BCUT2D eigenvalue weighted by Gasteiger charge is -2.01. The highest BCUT2D eigenvalue weighted by molar-refractivity contribution is 9.09. The predicted octanol–water partition coefficient (Wildman–Crippen LogP) is 1.79. The highest BCUT2D eigenvalue weighted by atomic mass is 79.9. The minimum Gasteiger partial charge on any atom is -0.497 e. The van der Waals surface area contributed by atoms with Gasteiger partial charge in [-0.1, -0.05) is 15.9 Å². The highest BCUT2D eigenvalue weighted by Crippen LogP contribution is 2.36. The zero-order valence-corrected chi connectivity index (χ0v) is 9.71. The zero-order valence-electron chi connectivity index (χ0n) is 8.12. The molecule has 0 atom stereocenters. The number of phenols is 1. The van der Waals surface area contributed by atoms with Crippen molar-refractivity contribution in [2.24, 2.45) is 0 Å². The zero-order chi connectivity index (χ0) is 13.2. The molecule has 17 heavy (non-hydrogen) atoms. The lowest BCUT2D eigenvalue weighted by molar-refractivity contribution is -0.396. The first-order valence-electron chi connectivity index (χ1n) is 4.13. The van der Waals surface area contributed by atoms with Gasteiger partial charge in [0.15, 0.2) is 5.78 Å². The van der Waals surface area contributed by atoms with Gasteiger partial charge >= 0.3 is 11.4 Å². The number of alkyl halides is 1. The maximum absolute atomic E-state index is 11.3. The van der Waals surface area contributed by atoms with E-state index < -0.39 is 32.8 Å². The van der Waals surface area contributed by atoms with Crippen molar-refractivity contribution in [1.82, 2.24) is 0 Å². The molecule has 0 aromatic heterocycles. The number of nitro groups is 2. The van der Waals surface area contributed by atoms with Crippen LogP contribution < -0.4 is 0 Å². The topological polar surface area (TPSA) is 124 Å². The quantitative estimate of drug-likeness (QED) is 0.391. The molecule has 0 fully saturated rings. The van der Waals surface area contributed by atoms with E-state index in [9.17, 15) is 30.1 Å². The van der Waals surface area contributed by atoms with Crippen LogP contribution in [0.5, 0.6) is 5.75 Å². The fourth-order valence-corrected chi connectivity index (χ4v) is 1.44. The number of benzene rings is 1. The Morgan fingerprint density at radius 1 is 1.24 bits per heavy atom. The van der Waals surface area contributed by atoms with Gasteiger partial charge in [0.05, 0.1) is 15.2 Å². The smallest absolute Gasteiger partial charge is 0.318 e. The Hall–Kier alpha value is -2.03. The number of Topliss-reactive ketones (excluding diaryl/α,β-unsaturated/α-hetero) is 1. The minimum absolute atomic E-state index is 0.133. The first-order valence-corrected chi connectivity index (χ1v) is 5.25. The number of carbonyl (C=O) groups is 1. The summed E-state index contributed by atoms with van der Waals surface area (Å²) in [5, 5.41) is 30.3. The van der Waals surface area contributed by atoms with Gasteiger partial charge in [-0.3, -0.25) is 25.0 Å². The van der Waals surface area contributed by atoms with Crippen LogP contribution in [0.2, 0.25) is 0 Å². The molecular weight excluding hydrogens is 300 g/mol. The molecule has 0 heterocycles. The molecule has 1 aromatic rings. The van der Waals surface area contributed by atoms with Crippen molar-refractivity contribution in [1.29, 1.82) is 0 Å². The summed E-state index contributed by atoms with van der Waals surface area (Å²) in [6.07, 6.45) is 0. The van der Waals surface area contributed by atoms with Crippen molar-refractivity contribution in [3.63, 3.8) is 0 Å².